The second-order valence-corrected chi connectivity index (χ2v) is 6.84. The van der Waals surface area contributed by atoms with E-state index >= 15 is 0 Å². The van der Waals surface area contributed by atoms with Crippen molar-refractivity contribution < 1.29 is 14.0 Å². The normalized spacial score (nSPS) is 11.8. The molecule has 0 saturated heterocycles. The highest BCUT2D eigenvalue weighted by Gasteiger charge is 2.23. The molecule has 0 bridgehead atoms. The molecule has 2 N–H and O–H groups in total. The molecule has 4 aromatic rings. The van der Waals surface area contributed by atoms with Gasteiger partial charge in [-0.05, 0) is 48.5 Å². The number of carbonyl (C=O) groups is 2. The van der Waals surface area contributed by atoms with E-state index in [1.165, 1.54) is 12.3 Å². The number of benzene rings is 3. The highest BCUT2D eigenvalue weighted by Crippen LogP contribution is 2.21. The van der Waals surface area contributed by atoms with E-state index in [-0.39, 0.29) is 11.5 Å². The van der Waals surface area contributed by atoms with Crippen LogP contribution in [0.3, 0.4) is 0 Å². The first-order valence-electron chi connectivity index (χ1n) is 9.96. The van der Waals surface area contributed by atoms with Crippen molar-refractivity contribution in [2.24, 2.45) is 10.2 Å². The van der Waals surface area contributed by atoms with Crippen LogP contribution in [0.5, 0.6) is 0 Å². The average molecular weight is 424 g/mol. The van der Waals surface area contributed by atoms with Crippen LogP contribution in [0.15, 0.2) is 118 Å². The van der Waals surface area contributed by atoms with Gasteiger partial charge < -0.3 is 15.1 Å². The lowest BCUT2D eigenvalue weighted by atomic mass is 10.1. The molecular formula is C25H20N4O3. The Bertz CT molecular complexity index is 1190. The van der Waals surface area contributed by atoms with Crippen molar-refractivity contribution in [2.75, 3.05) is 5.32 Å². The summed E-state index contributed by atoms with van der Waals surface area (Å²) in [5.41, 5.74) is 2.52. The Morgan fingerprint density at radius 2 is 1.34 bits per heavy atom. The zero-order valence-corrected chi connectivity index (χ0v) is 17.0. The molecule has 0 aliphatic carbocycles. The molecule has 158 valence electrons. The summed E-state index contributed by atoms with van der Waals surface area (Å²) in [6.45, 7) is 0. The predicted molar refractivity (Wildman–Crippen MR) is 121 cm³/mol. The minimum Gasteiger partial charge on any atom is -0.459 e. The van der Waals surface area contributed by atoms with Gasteiger partial charge in [-0.25, -0.2) is 0 Å². The van der Waals surface area contributed by atoms with E-state index in [0.717, 1.165) is 5.69 Å². The summed E-state index contributed by atoms with van der Waals surface area (Å²) in [6, 6.07) is 28.4. The molecule has 0 saturated carbocycles. The number of nitrogens with zero attached hydrogens (tertiary/aromatic N) is 2. The number of anilines is 1. The maximum Gasteiger partial charge on any atom is 0.288 e. The Kier molecular flexibility index (Phi) is 6.48. The van der Waals surface area contributed by atoms with Gasteiger partial charge in [0, 0.05) is 11.3 Å². The molecule has 32 heavy (non-hydrogen) atoms. The van der Waals surface area contributed by atoms with Crippen LogP contribution in [0.4, 0.5) is 17.1 Å². The maximum absolute atomic E-state index is 13.0. The summed E-state index contributed by atoms with van der Waals surface area (Å²) < 4.78 is 5.14. The summed E-state index contributed by atoms with van der Waals surface area (Å²) in [5, 5.41) is 14.2. The molecule has 7 nitrogen and oxygen atoms in total. The van der Waals surface area contributed by atoms with Gasteiger partial charge in [-0.2, -0.15) is 10.2 Å². The van der Waals surface area contributed by atoms with Crippen molar-refractivity contribution in [2.45, 2.75) is 6.17 Å². The molecule has 1 heterocycles. The fourth-order valence-corrected chi connectivity index (χ4v) is 2.95. The van der Waals surface area contributed by atoms with Gasteiger partial charge in [-0.3, -0.25) is 9.59 Å². The third kappa shape index (κ3) is 5.34. The van der Waals surface area contributed by atoms with Crippen LogP contribution in [0.25, 0.3) is 0 Å². The van der Waals surface area contributed by atoms with Gasteiger partial charge in [0.15, 0.2) is 11.9 Å². The van der Waals surface area contributed by atoms with Gasteiger partial charge in [-0.15, -0.1) is 0 Å². The molecule has 1 amide bonds. The quantitative estimate of drug-likeness (QED) is 0.214. The number of hydrogen-bond acceptors (Lipinski definition) is 6. The van der Waals surface area contributed by atoms with Gasteiger partial charge in [0.2, 0.25) is 5.78 Å². The molecule has 1 atom stereocenters. The number of ketones is 1. The van der Waals surface area contributed by atoms with E-state index in [0.29, 0.717) is 16.9 Å². The van der Waals surface area contributed by atoms with E-state index in [1.807, 2.05) is 36.4 Å². The third-order valence-corrected chi connectivity index (χ3v) is 4.56. The van der Waals surface area contributed by atoms with Crippen molar-refractivity contribution >= 4 is 28.8 Å². The molecule has 4 rings (SSSR count). The van der Waals surface area contributed by atoms with Crippen LogP contribution in [0.2, 0.25) is 0 Å². The number of carbonyl (C=O) groups excluding carboxylic acids is 2. The molecular weight excluding hydrogens is 404 g/mol. The number of rotatable bonds is 8. The topological polar surface area (TPSA) is 96.1 Å². The number of Topliss-reactive ketones (excluding diaryl/α,β-unsaturated/α-hetero) is 1. The highest BCUT2D eigenvalue weighted by atomic mass is 16.3. The summed E-state index contributed by atoms with van der Waals surface area (Å²) in [5.74, 6) is -0.655. The van der Waals surface area contributed by atoms with Crippen molar-refractivity contribution in [3.05, 3.63) is 115 Å². The molecule has 0 aliphatic rings. The van der Waals surface area contributed by atoms with Gasteiger partial charge >= 0.3 is 0 Å². The van der Waals surface area contributed by atoms with Crippen LogP contribution < -0.4 is 10.6 Å². The van der Waals surface area contributed by atoms with Crippen LogP contribution in [0.1, 0.15) is 20.9 Å². The summed E-state index contributed by atoms with van der Waals surface area (Å²) in [7, 11) is 0. The van der Waals surface area contributed by atoms with Gasteiger partial charge in [0.1, 0.15) is 0 Å². The Morgan fingerprint density at radius 1 is 0.719 bits per heavy atom. The SMILES string of the molecule is O=C(N[C@@H](Nc1ccc(N=Nc2ccccc2)cc1)C(=O)c1ccccc1)c1ccco1. The van der Waals surface area contributed by atoms with Crippen LogP contribution in [-0.4, -0.2) is 17.9 Å². The van der Waals surface area contributed by atoms with Crippen molar-refractivity contribution in [3.8, 4) is 0 Å². The zero-order chi connectivity index (χ0) is 22.2. The van der Waals surface area contributed by atoms with Gasteiger partial charge in [0.25, 0.3) is 5.91 Å². The Hall–Kier alpha value is -4.52. The summed E-state index contributed by atoms with van der Waals surface area (Å²) in [6.07, 6.45) is 0.408. The lowest BCUT2D eigenvalue weighted by molar-refractivity contribution is 0.0853. The fraction of sp³-hybridized carbons (Fsp3) is 0.0400. The number of amides is 1. The number of nitrogens with one attached hydrogen (secondary N) is 2. The number of azo groups is 1. The van der Waals surface area contributed by atoms with E-state index in [2.05, 4.69) is 20.9 Å². The first kappa shape index (κ1) is 20.7. The van der Waals surface area contributed by atoms with E-state index in [4.69, 9.17) is 4.42 Å². The monoisotopic (exact) mass is 424 g/mol. The molecule has 0 unspecified atom stereocenters. The lowest BCUT2D eigenvalue weighted by Crippen LogP contribution is -2.46. The van der Waals surface area contributed by atoms with Crippen molar-refractivity contribution in [1.29, 1.82) is 0 Å². The fourth-order valence-electron chi connectivity index (χ4n) is 2.95. The minimum atomic E-state index is -0.994. The molecule has 0 radical (unpaired) electrons. The second-order valence-electron chi connectivity index (χ2n) is 6.84. The Morgan fingerprint density at radius 3 is 1.97 bits per heavy atom. The summed E-state index contributed by atoms with van der Waals surface area (Å²) >= 11 is 0. The van der Waals surface area contributed by atoms with Crippen molar-refractivity contribution in [1.82, 2.24) is 5.32 Å². The second kappa shape index (κ2) is 9.99. The van der Waals surface area contributed by atoms with E-state index in [1.54, 1.807) is 54.6 Å². The number of furan rings is 1. The maximum atomic E-state index is 13.0. The van der Waals surface area contributed by atoms with Gasteiger partial charge in [-0.1, -0.05) is 48.5 Å². The summed E-state index contributed by atoms with van der Waals surface area (Å²) in [4.78, 5) is 25.5. The average Bonchev–Trinajstić information content (AvgIpc) is 3.39. The highest BCUT2D eigenvalue weighted by molar-refractivity contribution is 6.04. The Balaban J connectivity index is 1.50. The smallest absolute Gasteiger partial charge is 0.288 e. The largest absolute Gasteiger partial charge is 0.459 e. The molecule has 0 fully saturated rings. The molecule has 0 aliphatic heterocycles. The zero-order valence-electron chi connectivity index (χ0n) is 17.0. The Labute approximate surface area is 184 Å². The van der Waals surface area contributed by atoms with E-state index < -0.39 is 12.1 Å². The molecule has 0 spiro atoms. The lowest BCUT2D eigenvalue weighted by Gasteiger charge is -2.20. The first-order valence-corrected chi connectivity index (χ1v) is 9.96. The van der Waals surface area contributed by atoms with E-state index in [9.17, 15) is 9.59 Å². The molecule has 7 heteroatoms. The molecule has 1 aromatic heterocycles. The third-order valence-electron chi connectivity index (χ3n) is 4.56. The van der Waals surface area contributed by atoms with Crippen LogP contribution >= 0.6 is 0 Å². The van der Waals surface area contributed by atoms with Crippen LogP contribution in [0, 0.1) is 0 Å². The van der Waals surface area contributed by atoms with Crippen molar-refractivity contribution in [3.63, 3.8) is 0 Å². The van der Waals surface area contributed by atoms with Gasteiger partial charge in [0.05, 0.1) is 17.6 Å². The molecule has 3 aromatic carbocycles. The van der Waals surface area contributed by atoms with Crippen LogP contribution in [-0.2, 0) is 0 Å². The standard InChI is InChI=1S/C25H20N4O3/c30-23(18-8-3-1-4-9-18)24(27-25(31)22-12-7-17-32-22)26-19-13-15-21(16-14-19)29-28-20-10-5-2-6-11-20/h1-17,24,26H,(H,27,31)/t24-/m1/s1. The number of hydrogen-bond donors (Lipinski definition) is 2. The predicted octanol–water partition coefficient (Wildman–Crippen LogP) is 5.75. The first-order chi connectivity index (χ1) is 15.7. The minimum absolute atomic E-state index is 0.120.